The lowest BCUT2D eigenvalue weighted by Gasteiger charge is -2.21. The molecule has 0 saturated carbocycles. The molecular weight excluding hydrogens is 399 g/mol. The molecule has 0 N–H and O–H groups in total. The quantitative estimate of drug-likeness (QED) is 0.663. The molecule has 1 saturated heterocycles. The summed E-state index contributed by atoms with van der Waals surface area (Å²) in [6.45, 7) is 4.97. The highest BCUT2D eigenvalue weighted by atomic mass is 19.1. The summed E-state index contributed by atoms with van der Waals surface area (Å²) in [5.74, 6) is 0.721. The number of halogens is 1. The van der Waals surface area contributed by atoms with E-state index in [2.05, 4.69) is 25.1 Å². The minimum atomic E-state index is -1.07. The van der Waals surface area contributed by atoms with Crippen LogP contribution < -0.4 is 4.90 Å². The van der Waals surface area contributed by atoms with Crippen molar-refractivity contribution < 1.29 is 13.9 Å². The van der Waals surface area contributed by atoms with Gasteiger partial charge in [0.25, 0.3) is 0 Å². The highest BCUT2D eigenvalue weighted by molar-refractivity contribution is 6.15. The Morgan fingerprint density at radius 2 is 1.84 bits per heavy atom. The molecule has 3 heterocycles. The molecule has 9 heteroatoms. The number of benzene rings is 1. The molecule has 8 nitrogen and oxygen atoms in total. The standard InChI is InChI=1S/C17H18FN5.C5H9NO2/c1-12(18)15-8-16(22-21-15)13-9-19-17(20-10-13)11-23(2)14-6-4-3-5-7-14;7-5-6-1-3-8-4-2-6/h3-7,9-10,12H,8,11H2,1-2H3;5H,1-4H2. The molecule has 2 aliphatic heterocycles. The van der Waals surface area contributed by atoms with E-state index in [1.807, 2.05) is 37.4 Å². The Hall–Kier alpha value is -3.20. The van der Waals surface area contributed by atoms with Crippen molar-refractivity contribution in [2.45, 2.75) is 26.1 Å². The zero-order valence-corrected chi connectivity index (χ0v) is 17.8. The number of morpholine rings is 1. The molecule has 1 amide bonds. The van der Waals surface area contributed by atoms with Gasteiger partial charge in [0.05, 0.1) is 31.2 Å². The molecule has 1 unspecified atom stereocenters. The molecule has 1 fully saturated rings. The van der Waals surface area contributed by atoms with Gasteiger partial charge in [-0.2, -0.15) is 10.2 Å². The lowest BCUT2D eigenvalue weighted by Crippen LogP contribution is -2.34. The average molecular weight is 426 g/mol. The van der Waals surface area contributed by atoms with Crippen LogP contribution >= 0.6 is 0 Å². The molecule has 1 aromatic heterocycles. The fourth-order valence-corrected chi connectivity index (χ4v) is 3.00. The van der Waals surface area contributed by atoms with E-state index < -0.39 is 6.17 Å². The van der Waals surface area contributed by atoms with E-state index >= 15 is 0 Å². The predicted molar refractivity (Wildman–Crippen MR) is 118 cm³/mol. The summed E-state index contributed by atoms with van der Waals surface area (Å²) < 4.78 is 18.2. The van der Waals surface area contributed by atoms with E-state index in [-0.39, 0.29) is 0 Å². The number of hydrogen-bond donors (Lipinski definition) is 0. The first kappa shape index (κ1) is 22.5. The molecule has 0 aliphatic carbocycles. The van der Waals surface area contributed by atoms with E-state index in [1.54, 1.807) is 17.3 Å². The maximum absolute atomic E-state index is 13.2. The van der Waals surface area contributed by atoms with E-state index in [9.17, 15) is 9.18 Å². The smallest absolute Gasteiger partial charge is 0.209 e. The van der Waals surface area contributed by atoms with E-state index in [0.717, 1.165) is 36.6 Å². The number of carbonyl (C=O) groups excluding carboxylic acids is 1. The fourth-order valence-electron chi connectivity index (χ4n) is 3.00. The highest BCUT2D eigenvalue weighted by Gasteiger charge is 2.19. The molecule has 164 valence electrons. The van der Waals surface area contributed by atoms with Crippen LogP contribution in [0.1, 0.15) is 24.7 Å². The van der Waals surface area contributed by atoms with Crippen LogP contribution in [-0.4, -0.2) is 72.2 Å². The number of nitrogens with zero attached hydrogens (tertiary/aromatic N) is 6. The minimum absolute atomic E-state index is 0.421. The monoisotopic (exact) mass is 426 g/mol. The topological polar surface area (TPSA) is 83.3 Å². The van der Waals surface area contributed by atoms with Crippen LogP contribution in [0.4, 0.5) is 10.1 Å². The van der Waals surface area contributed by atoms with E-state index in [0.29, 0.717) is 37.6 Å². The maximum Gasteiger partial charge on any atom is 0.209 e. The highest BCUT2D eigenvalue weighted by Crippen LogP contribution is 2.15. The Morgan fingerprint density at radius 1 is 1.16 bits per heavy atom. The Kier molecular flexibility index (Phi) is 8.17. The van der Waals surface area contributed by atoms with Gasteiger partial charge in [-0.25, -0.2) is 14.4 Å². The van der Waals surface area contributed by atoms with Crippen LogP contribution in [0.15, 0.2) is 52.9 Å². The lowest BCUT2D eigenvalue weighted by atomic mass is 10.1. The van der Waals surface area contributed by atoms with Crippen LogP contribution in [0.5, 0.6) is 0 Å². The summed E-state index contributed by atoms with van der Waals surface area (Å²) in [6, 6.07) is 10.1. The number of aromatic nitrogens is 2. The SMILES string of the molecule is CC(F)C1=NN=C(c2cnc(CN(C)c3ccccc3)nc2)C1.O=CN1CCOCC1. The van der Waals surface area contributed by atoms with Crippen LogP contribution in [0.3, 0.4) is 0 Å². The number of ether oxygens (including phenoxy) is 1. The van der Waals surface area contributed by atoms with Crippen molar-refractivity contribution in [2.75, 3.05) is 38.3 Å². The Balaban J connectivity index is 0.000000287. The third kappa shape index (κ3) is 6.65. The fraction of sp³-hybridized carbons (Fsp3) is 0.409. The average Bonchev–Trinajstić information content (AvgIpc) is 3.32. The number of carbonyl (C=O) groups is 1. The van der Waals surface area contributed by atoms with Crippen molar-refractivity contribution in [1.29, 1.82) is 0 Å². The summed E-state index contributed by atoms with van der Waals surface area (Å²) >= 11 is 0. The van der Waals surface area contributed by atoms with Crippen LogP contribution in [0.25, 0.3) is 0 Å². The number of rotatable bonds is 6. The van der Waals surface area contributed by atoms with Gasteiger partial charge in [-0.15, -0.1) is 0 Å². The van der Waals surface area contributed by atoms with Crippen molar-refractivity contribution in [3.63, 3.8) is 0 Å². The van der Waals surface area contributed by atoms with Crippen molar-refractivity contribution in [1.82, 2.24) is 14.9 Å². The molecule has 1 atom stereocenters. The molecule has 0 spiro atoms. The number of para-hydroxylation sites is 1. The normalized spacial score (nSPS) is 16.5. The number of anilines is 1. The second-order valence-corrected chi connectivity index (χ2v) is 7.26. The zero-order valence-electron chi connectivity index (χ0n) is 17.8. The van der Waals surface area contributed by atoms with Gasteiger partial charge in [-0.3, -0.25) is 4.79 Å². The summed E-state index contributed by atoms with van der Waals surface area (Å²) in [4.78, 5) is 22.6. The largest absolute Gasteiger partial charge is 0.378 e. The van der Waals surface area contributed by atoms with Gasteiger partial charge in [0.15, 0.2) is 0 Å². The van der Waals surface area contributed by atoms with Crippen LogP contribution in [0.2, 0.25) is 0 Å². The molecular formula is C22H27FN6O2. The van der Waals surface area contributed by atoms with E-state index in [1.165, 1.54) is 6.92 Å². The Morgan fingerprint density at radius 3 is 2.39 bits per heavy atom. The van der Waals surface area contributed by atoms with Crippen molar-refractivity contribution in [3.05, 3.63) is 54.1 Å². The number of alkyl halides is 1. The maximum atomic E-state index is 13.2. The second kappa shape index (κ2) is 11.3. The summed E-state index contributed by atoms with van der Waals surface area (Å²) in [7, 11) is 2.00. The third-order valence-electron chi connectivity index (χ3n) is 4.92. The van der Waals surface area contributed by atoms with Gasteiger partial charge < -0.3 is 14.5 Å². The number of hydrogen-bond acceptors (Lipinski definition) is 7. The zero-order chi connectivity index (χ0) is 22.1. The molecule has 2 aromatic rings. The third-order valence-corrected chi connectivity index (χ3v) is 4.92. The molecule has 2 aliphatic rings. The van der Waals surface area contributed by atoms with Crippen molar-refractivity contribution >= 4 is 23.5 Å². The van der Waals surface area contributed by atoms with Crippen LogP contribution in [0, 0.1) is 0 Å². The van der Waals surface area contributed by atoms with Gasteiger partial charge in [-0.1, -0.05) is 18.2 Å². The Labute approximate surface area is 181 Å². The van der Waals surface area contributed by atoms with Crippen LogP contribution in [-0.2, 0) is 16.1 Å². The first-order valence-electron chi connectivity index (χ1n) is 10.2. The predicted octanol–water partition coefficient (Wildman–Crippen LogP) is 2.49. The molecule has 0 bridgehead atoms. The molecule has 0 radical (unpaired) electrons. The van der Waals surface area contributed by atoms with Gasteiger partial charge in [0.1, 0.15) is 12.0 Å². The van der Waals surface area contributed by atoms with Gasteiger partial charge >= 0.3 is 0 Å². The molecule has 31 heavy (non-hydrogen) atoms. The molecule has 4 rings (SSSR count). The Bertz CT molecular complexity index is 896. The second-order valence-electron chi connectivity index (χ2n) is 7.26. The lowest BCUT2D eigenvalue weighted by molar-refractivity contribution is -0.121. The summed E-state index contributed by atoms with van der Waals surface area (Å²) in [5, 5.41) is 7.89. The van der Waals surface area contributed by atoms with Gasteiger partial charge in [0.2, 0.25) is 6.41 Å². The first-order chi connectivity index (χ1) is 15.1. The minimum Gasteiger partial charge on any atom is -0.378 e. The van der Waals surface area contributed by atoms with E-state index in [4.69, 9.17) is 4.74 Å². The van der Waals surface area contributed by atoms with Gasteiger partial charge in [0, 0.05) is 50.2 Å². The number of amides is 1. The molecule has 1 aromatic carbocycles. The summed E-state index contributed by atoms with van der Waals surface area (Å²) in [6.07, 6.45) is 3.66. The first-order valence-corrected chi connectivity index (χ1v) is 10.2. The van der Waals surface area contributed by atoms with Crippen molar-refractivity contribution in [3.8, 4) is 0 Å². The van der Waals surface area contributed by atoms with Crippen molar-refractivity contribution in [2.24, 2.45) is 10.2 Å². The summed E-state index contributed by atoms with van der Waals surface area (Å²) in [5.41, 5.74) is 3.06. The van der Waals surface area contributed by atoms with Gasteiger partial charge in [-0.05, 0) is 19.1 Å².